The van der Waals surface area contributed by atoms with E-state index in [1.807, 2.05) is 17.0 Å². The molecule has 2 aromatic rings. The third-order valence-electron chi connectivity index (χ3n) is 4.87. The monoisotopic (exact) mass is 334 g/mol. The second kappa shape index (κ2) is 6.16. The molecule has 0 radical (unpaired) electrons. The first-order chi connectivity index (χ1) is 12.2. The maximum Gasteiger partial charge on any atom is 0.338 e. The molecule has 0 fully saturated rings. The number of fused-ring (bicyclic) bond motifs is 2. The Hall–Kier alpha value is -2.95. The molecular formula is C20H18N2O3. The topological polar surface area (TPSA) is 59.5 Å². The minimum atomic E-state index is -0.396. The summed E-state index contributed by atoms with van der Waals surface area (Å²) in [6, 6.07) is 9.87. The number of carbonyl (C=O) groups is 2. The van der Waals surface area contributed by atoms with E-state index in [4.69, 9.17) is 4.74 Å². The summed E-state index contributed by atoms with van der Waals surface area (Å²) in [5.74, 6) is -0.379. The zero-order chi connectivity index (χ0) is 17.4. The highest BCUT2D eigenvalue weighted by atomic mass is 16.5. The molecule has 1 aromatic heterocycles. The quantitative estimate of drug-likeness (QED) is 0.791. The van der Waals surface area contributed by atoms with Gasteiger partial charge in [-0.05, 0) is 35.3 Å². The molecule has 25 heavy (non-hydrogen) atoms. The van der Waals surface area contributed by atoms with Gasteiger partial charge >= 0.3 is 5.97 Å². The Balaban J connectivity index is 1.56. The number of hydrogen-bond acceptors (Lipinski definition) is 4. The van der Waals surface area contributed by atoms with Crippen LogP contribution in [0.1, 0.15) is 32.7 Å². The van der Waals surface area contributed by atoms with Crippen LogP contribution in [0.4, 0.5) is 0 Å². The van der Waals surface area contributed by atoms with Crippen LogP contribution < -0.4 is 0 Å². The molecule has 4 rings (SSSR count). The van der Waals surface area contributed by atoms with Crippen LogP contribution in [0.3, 0.4) is 0 Å². The SMILES string of the molecule is COC(=O)c1ccnc2c1CC(C(=O)N1CCc3ccccc3C1)=C2. The van der Waals surface area contributed by atoms with E-state index in [0.29, 0.717) is 36.3 Å². The lowest BCUT2D eigenvalue weighted by Crippen LogP contribution is -2.36. The van der Waals surface area contributed by atoms with Crippen LogP contribution in [0.25, 0.3) is 6.08 Å². The highest BCUT2D eigenvalue weighted by Crippen LogP contribution is 2.29. The molecule has 0 N–H and O–H groups in total. The van der Waals surface area contributed by atoms with Gasteiger partial charge in [-0.1, -0.05) is 24.3 Å². The van der Waals surface area contributed by atoms with Crippen LogP contribution in [0.5, 0.6) is 0 Å². The predicted molar refractivity (Wildman–Crippen MR) is 92.8 cm³/mol. The van der Waals surface area contributed by atoms with Crippen molar-refractivity contribution in [2.24, 2.45) is 0 Å². The number of rotatable bonds is 2. The first kappa shape index (κ1) is 15.6. The molecule has 0 unspecified atom stereocenters. The Morgan fingerprint density at radius 2 is 1.96 bits per heavy atom. The van der Waals surface area contributed by atoms with E-state index in [9.17, 15) is 9.59 Å². The van der Waals surface area contributed by atoms with Crippen LogP contribution in [-0.4, -0.2) is 35.4 Å². The largest absolute Gasteiger partial charge is 0.465 e. The van der Waals surface area contributed by atoms with Crippen molar-refractivity contribution in [1.29, 1.82) is 0 Å². The number of amides is 1. The Bertz CT molecular complexity index is 902. The number of ether oxygens (including phenoxy) is 1. The molecule has 1 aliphatic heterocycles. The first-order valence-electron chi connectivity index (χ1n) is 8.30. The second-order valence-electron chi connectivity index (χ2n) is 6.31. The van der Waals surface area contributed by atoms with E-state index in [1.54, 1.807) is 18.3 Å². The first-order valence-corrected chi connectivity index (χ1v) is 8.30. The number of carbonyl (C=O) groups excluding carboxylic acids is 2. The molecule has 0 saturated heterocycles. The molecule has 0 saturated carbocycles. The van der Waals surface area contributed by atoms with E-state index in [-0.39, 0.29) is 5.91 Å². The standard InChI is InChI=1S/C20H18N2O3/c1-25-20(24)16-6-8-21-18-11-15(10-17(16)18)19(23)22-9-7-13-4-2-3-5-14(13)12-22/h2-6,8,11H,7,9-10,12H2,1H3. The van der Waals surface area contributed by atoms with E-state index in [1.165, 1.54) is 18.2 Å². The summed E-state index contributed by atoms with van der Waals surface area (Å²) in [4.78, 5) is 31.0. The maximum atomic E-state index is 12.9. The lowest BCUT2D eigenvalue weighted by molar-refractivity contribution is -0.128. The number of aromatic nitrogens is 1. The Labute approximate surface area is 145 Å². The van der Waals surface area contributed by atoms with Crippen LogP contribution >= 0.6 is 0 Å². The Morgan fingerprint density at radius 3 is 2.76 bits per heavy atom. The molecule has 0 bridgehead atoms. The average molecular weight is 334 g/mol. The highest BCUT2D eigenvalue weighted by molar-refractivity contribution is 6.02. The maximum absolute atomic E-state index is 12.9. The molecule has 1 aromatic carbocycles. The van der Waals surface area contributed by atoms with Crippen LogP contribution in [0.2, 0.25) is 0 Å². The summed E-state index contributed by atoms with van der Waals surface area (Å²) in [7, 11) is 1.36. The number of methoxy groups -OCH3 is 1. The Kier molecular flexibility index (Phi) is 3.84. The molecule has 1 aliphatic carbocycles. The van der Waals surface area contributed by atoms with Crippen molar-refractivity contribution in [2.75, 3.05) is 13.7 Å². The third-order valence-corrected chi connectivity index (χ3v) is 4.87. The number of pyridine rings is 1. The number of nitrogens with zero attached hydrogens (tertiary/aromatic N) is 2. The Morgan fingerprint density at radius 1 is 1.16 bits per heavy atom. The van der Waals surface area contributed by atoms with E-state index < -0.39 is 5.97 Å². The number of hydrogen-bond donors (Lipinski definition) is 0. The second-order valence-corrected chi connectivity index (χ2v) is 6.31. The van der Waals surface area contributed by atoms with Gasteiger partial charge in [0.2, 0.25) is 0 Å². The zero-order valence-electron chi connectivity index (χ0n) is 14.0. The van der Waals surface area contributed by atoms with E-state index >= 15 is 0 Å². The number of esters is 1. The average Bonchev–Trinajstić information content (AvgIpc) is 3.10. The lowest BCUT2D eigenvalue weighted by atomic mass is 9.99. The number of benzene rings is 1. The van der Waals surface area contributed by atoms with Gasteiger partial charge in [-0.3, -0.25) is 9.78 Å². The molecule has 5 nitrogen and oxygen atoms in total. The smallest absolute Gasteiger partial charge is 0.338 e. The predicted octanol–water partition coefficient (Wildman–Crippen LogP) is 2.39. The fraction of sp³-hybridized carbons (Fsp3) is 0.250. The van der Waals surface area contributed by atoms with Gasteiger partial charge in [0.25, 0.3) is 5.91 Å². The molecule has 2 aliphatic rings. The fourth-order valence-corrected chi connectivity index (χ4v) is 3.54. The minimum absolute atomic E-state index is 0.0170. The van der Waals surface area contributed by atoms with Crippen molar-refractivity contribution in [3.8, 4) is 0 Å². The molecule has 1 amide bonds. The third kappa shape index (κ3) is 2.71. The van der Waals surface area contributed by atoms with Gasteiger partial charge in [0, 0.05) is 31.3 Å². The van der Waals surface area contributed by atoms with Gasteiger partial charge in [0.15, 0.2) is 0 Å². The van der Waals surface area contributed by atoms with Crippen LogP contribution in [0, 0.1) is 0 Å². The van der Waals surface area contributed by atoms with Gasteiger partial charge in [0.05, 0.1) is 18.4 Å². The summed E-state index contributed by atoms with van der Waals surface area (Å²) in [6.45, 7) is 1.33. The van der Waals surface area contributed by atoms with E-state index in [0.717, 1.165) is 12.0 Å². The molecule has 0 atom stereocenters. The van der Waals surface area contributed by atoms with Crippen molar-refractivity contribution >= 4 is 18.0 Å². The van der Waals surface area contributed by atoms with Crippen molar-refractivity contribution in [1.82, 2.24) is 9.88 Å². The zero-order valence-corrected chi connectivity index (χ0v) is 14.0. The van der Waals surface area contributed by atoms with Gasteiger partial charge in [-0.15, -0.1) is 0 Å². The fourth-order valence-electron chi connectivity index (χ4n) is 3.54. The van der Waals surface area contributed by atoms with Crippen molar-refractivity contribution in [3.63, 3.8) is 0 Å². The summed E-state index contributed by atoms with van der Waals surface area (Å²) < 4.78 is 4.83. The summed E-state index contributed by atoms with van der Waals surface area (Å²) in [5.41, 5.74) is 5.13. The van der Waals surface area contributed by atoms with E-state index in [2.05, 4.69) is 17.1 Å². The summed E-state index contributed by atoms with van der Waals surface area (Å²) in [6.07, 6.45) is 4.66. The normalized spacial score (nSPS) is 15.2. The van der Waals surface area contributed by atoms with Gasteiger partial charge < -0.3 is 9.64 Å². The van der Waals surface area contributed by atoms with Gasteiger partial charge in [-0.25, -0.2) is 4.79 Å². The van der Waals surface area contributed by atoms with Crippen molar-refractivity contribution in [2.45, 2.75) is 19.4 Å². The van der Waals surface area contributed by atoms with Crippen molar-refractivity contribution in [3.05, 3.63) is 70.0 Å². The molecule has 2 heterocycles. The van der Waals surface area contributed by atoms with Gasteiger partial charge in [0.1, 0.15) is 0 Å². The van der Waals surface area contributed by atoms with Crippen LogP contribution in [0.15, 0.2) is 42.1 Å². The minimum Gasteiger partial charge on any atom is -0.465 e. The summed E-state index contributed by atoms with van der Waals surface area (Å²) >= 11 is 0. The summed E-state index contributed by atoms with van der Waals surface area (Å²) in [5, 5.41) is 0. The van der Waals surface area contributed by atoms with Gasteiger partial charge in [-0.2, -0.15) is 0 Å². The molecular weight excluding hydrogens is 316 g/mol. The molecule has 126 valence electrons. The lowest BCUT2D eigenvalue weighted by Gasteiger charge is -2.29. The van der Waals surface area contributed by atoms with Crippen LogP contribution in [-0.2, 0) is 28.9 Å². The molecule has 0 spiro atoms. The molecule has 5 heteroatoms. The van der Waals surface area contributed by atoms with Crippen molar-refractivity contribution < 1.29 is 14.3 Å². The highest BCUT2D eigenvalue weighted by Gasteiger charge is 2.29.